The second-order valence-corrected chi connectivity index (χ2v) is 6.79. The third-order valence-electron chi connectivity index (χ3n) is 5.19. The van der Waals surface area contributed by atoms with Crippen molar-refractivity contribution >= 4 is 5.69 Å². The molecule has 0 saturated heterocycles. The van der Waals surface area contributed by atoms with Crippen molar-refractivity contribution in [1.29, 1.82) is 0 Å². The van der Waals surface area contributed by atoms with Crippen LogP contribution in [-0.2, 0) is 19.5 Å². The minimum atomic E-state index is 0.518. The molecular formula is C21H24N4O2. The van der Waals surface area contributed by atoms with Crippen LogP contribution in [0.15, 0.2) is 48.8 Å². The van der Waals surface area contributed by atoms with E-state index in [1.807, 2.05) is 24.5 Å². The third-order valence-corrected chi connectivity index (χ3v) is 5.19. The highest BCUT2D eigenvalue weighted by Gasteiger charge is 2.20. The molecule has 1 atom stereocenters. The minimum Gasteiger partial charge on any atom is -0.497 e. The van der Waals surface area contributed by atoms with Crippen molar-refractivity contribution in [3.05, 3.63) is 65.7 Å². The largest absolute Gasteiger partial charge is 0.497 e. The summed E-state index contributed by atoms with van der Waals surface area (Å²) >= 11 is 0. The van der Waals surface area contributed by atoms with E-state index in [9.17, 15) is 0 Å². The molecule has 0 amide bonds. The summed E-state index contributed by atoms with van der Waals surface area (Å²) in [6.07, 6.45) is 3.94. The van der Waals surface area contributed by atoms with Crippen molar-refractivity contribution in [2.45, 2.75) is 31.8 Å². The van der Waals surface area contributed by atoms with Gasteiger partial charge in [0.05, 0.1) is 14.2 Å². The van der Waals surface area contributed by atoms with Crippen LogP contribution >= 0.6 is 0 Å². The Morgan fingerprint density at radius 2 is 1.96 bits per heavy atom. The first-order chi connectivity index (χ1) is 13.3. The molecule has 0 fully saturated rings. The molecule has 0 saturated carbocycles. The quantitative estimate of drug-likeness (QED) is 0.724. The van der Waals surface area contributed by atoms with Crippen molar-refractivity contribution < 1.29 is 9.47 Å². The molecule has 0 spiro atoms. The Hall–Kier alpha value is -3.02. The number of fused-ring (bicyclic) bond motifs is 1. The molecule has 2 heterocycles. The van der Waals surface area contributed by atoms with Crippen LogP contribution < -0.4 is 14.8 Å². The van der Waals surface area contributed by atoms with Crippen molar-refractivity contribution in [2.75, 3.05) is 19.5 Å². The maximum atomic E-state index is 5.46. The van der Waals surface area contributed by atoms with Crippen LogP contribution in [0.2, 0.25) is 0 Å². The van der Waals surface area contributed by atoms with E-state index in [-0.39, 0.29) is 0 Å². The average Bonchev–Trinajstić information content (AvgIpc) is 3.20. The molecule has 140 valence electrons. The smallest absolute Gasteiger partial charge is 0.132 e. The van der Waals surface area contributed by atoms with Crippen LogP contribution in [0.3, 0.4) is 0 Å². The number of benzene rings is 2. The first kappa shape index (κ1) is 17.4. The summed E-state index contributed by atoms with van der Waals surface area (Å²) in [5, 5.41) is 11.6. The number of hydrogen-bond acceptors (Lipinski definition) is 5. The average molecular weight is 364 g/mol. The lowest BCUT2D eigenvalue weighted by Gasteiger charge is -2.23. The summed E-state index contributed by atoms with van der Waals surface area (Å²) in [6, 6.07) is 14.6. The van der Waals surface area contributed by atoms with E-state index in [2.05, 4.69) is 44.3 Å². The van der Waals surface area contributed by atoms with Gasteiger partial charge >= 0.3 is 0 Å². The molecule has 0 radical (unpaired) electrons. The van der Waals surface area contributed by atoms with E-state index in [0.717, 1.165) is 48.0 Å². The van der Waals surface area contributed by atoms with Gasteiger partial charge in [-0.3, -0.25) is 0 Å². The Balaban J connectivity index is 1.40. The second-order valence-electron chi connectivity index (χ2n) is 6.79. The summed E-state index contributed by atoms with van der Waals surface area (Å²) < 4.78 is 12.9. The molecule has 0 bridgehead atoms. The van der Waals surface area contributed by atoms with E-state index >= 15 is 0 Å². The van der Waals surface area contributed by atoms with Gasteiger partial charge in [-0.15, -0.1) is 10.2 Å². The molecule has 2 aromatic carbocycles. The van der Waals surface area contributed by atoms with Gasteiger partial charge in [0.1, 0.15) is 23.7 Å². The van der Waals surface area contributed by atoms with Gasteiger partial charge in [0.25, 0.3) is 0 Å². The monoisotopic (exact) mass is 364 g/mol. The molecule has 1 unspecified atom stereocenters. The van der Waals surface area contributed by atoms with Crippen LogP contribution in [0.4, 0.5) is 5.69 Å². The highest BCUT2D eigenvalue weighted by atomic mass is 16.5. The molecule has 27 heavy (non-hydrogen) atoms. The number of aryl methyl sites for hydroxylation is 1. The van der Waals surface area contributed by atoms with Crippen molar-refractivity contribution in [1.82, 2.24) is 14.8 Å². The lowest BCUT2D eigenvalue weighted by Crippen LogP contribution is -2.18. The first-order valence-corrected chi connectivity index (χ1v) is 9.18. The van der Waals surface area contributed by atoms with E-state index in [1.165, 1.54) is 5.56 Å². The number of anilines is 1. The fourth-order valence-corrected chi connectivity index (χ4v) is 3.60. The van der Waals surface area contributed by atoms with Crippen LogP contribution in [0.25, 0.3) is 0 Å². The standard InChI is InChI=1S/C21H24N4O2/c1-26-19-9-5-16(20(11-19)27-2)12-22-18-7-3-15(4-8-18)17-6-10-21-24-23-14-25(21)13-17/h3-5,7-9,11,14,17,22H,6,10,12-13H2,1-2H3. The number of hydrogen-bond donors (Lipinski definition) is 1. The molecule has 1 aliphatic rings. The van der Waals surface area contributed by atoms with Crippen LogP contribution in [0, 0.1) is 0 Å². The predicted molar refractivity (Wildman–Crippen MR) is 104 cm³/mol. The Morgan fingerprint density at radius 3 is 2.74 bits per heavy atom. The Bertz CT molecular complexity index is 905. The summed E-state index contributed by atoms with van der Waals surface area (Å²) in [4.78, 5) is 0. The van der Waals surface area contributed by atoms with Crippen molar-refractivity contribution in [3.63, 3.8) is 0 Å². The molecule has 1 aliphatic heterocycles. The third kappa shape index (κ3) is 3.74. The van der Waals surface area contributed by atoms with E-state index in [0.29, 0.717) is 12.5 Å². The Kier molecular flexibility index (Phi) is 4.96. The minimum absolute atomic E-state index is 0.518. The molecule has 3 aromatic rings. The number of nitrogens with zero attached hydrogens (tertiary/aromatic N) is 3. The topological polar surface area (TPSA) is 61.2 Å². The van der Waals surface area contributed by atoms with Gasteiger partial charge in [-0.25, -0.2) is 0 Å². The Labute approximate surface area is 159 Å². The van der Waals surface area contributed by atoms with Gasteiger partial charge in [-0.05, 0) is 36.2 Å². The number of rotatable bonds is 6. The van der Waals surface area contributed by atoms with Crippen molar-refractivity contribution in [2.24, 2.45) is 0 Å². The highest BCUT2D eigenvalue weighted by molar-refractivity contribution is 5.48. The van der Waals surface area contributed by atoms with Gasteiger partial charge in [-0.1, -0.05) is 12.1 Å². The highest BCUT2D eigenvalue weighted by Crippen LogP contribution is 2.29. The first-order valence-electron chi connectivity index (χ1n) is 9.18. The number of aromatic nitrogens is 3. The van der Waals surface area contributed by atoms with Gasteiger partial charge in [0.2, 0.25) is 0 Å². The molecular weight excluding hydrogens is 340 g/mol. The van der Waals surface area contributed by atoms with E-state index in [1.54, 1.807) is 14.2 Å². The zero-order valence-electron chi connectivity index (χ0n) is 15.7. The lowest BCUT2D eigenvalue weighted by atomic mass is 9.91. The fraction of sp³-hybridized carbons (Fsp3) is 0.333. The second kappa shape index (κ2) is 7.70. The fourth-order valence-electron chi connectivity index (χ4n) is 3.60. The number of methoxy groups -OCH3 is 2. The summed E-state index contributed by atoms with van der Waals surface area (Å²) in [5.74, 6) is 3.23. The number of nitrogens with one attached hydrogen (secondary N) is 1. The molecule has 0 aliphatic carbocycles. The van der Waals surface area contributed by atoms with Crippen LogP contribution in [0.5, 0.6) is 11.5 Å². The Morgan fingerprint density at radius 1 is 1.11 bits per heavy atom. The summed E-state index contributed by atoms with van der Waals surface area (Å²) in [6.45, 7) is 1.65. The number of ether oxygens (including phenoxy) is 2. The molecule has 6 nitrogen and oxygen atoms in total. The predicted octanol–water partition coefficient (Wildman–Crippen LogP) is 3.64. The normalized spacial score (nSPS) is 15.9. The SMILES string of the molecule is COc1ccc(CNc2ccc(C3CCc4nncn4C3)cc2)c(OC)c1. The summed E-state index contributed by atoms with van der Waals surface area (Å²) in [5.41, 5.74) is 3.55. The van der Waals surface area contributed by atoms with E-state index < -0.39 is 0 Å². The maximum absolute atomic E-state index is 5.46. The molecule has 1 aromatic heterocycles. The van der Waals surface area contributed by atoms with Gasteiger partial charge in [-0.2, -0.15) is 0 Å². The zero-order chi connectivity index (χ0) is 18.6. The molecule has 1 N–H and O–H groups in total. The molecule has 6 heteroatoms. The maximum Gasteiger partial charge on any atom is 0.132 e. The van der Waals surface area contributed by atoms with Crippen LogP contribution in [-0.4, -0.2) is 29.0 Å². The van der Waals surface area contributed by atoms with Crippen LogP contribution in [0.1, 0.15) is 29.3 Å². The summed E-state index contributed by atoms with van der Waals surface area (Å²) in [7, 11) is 3.34. The van der Waals surface area contributed by atoms with Gasteiger partial charge in [0.15, 0.2) is 0 Å². The molecule has 4 rings (SSSR count). The van der Waals surface area contributed by atoms with Gasteiger partial charge < -0.3 is 19.4 Å². The van der Waals surface area contributed by atoms with Crippen molar-refractivity contribution in [3.8, 4) is 11.5 Å². The van der Waals surface area contributed by atoms with Gasteiger partial charge in [0, 0.05) is 42.7 Å². The zero-order valence-corrected chi connectivity index (χ0v) is 15.7. The van der Waals surface area contributed by atoms with E-state index in [4.69, 9.17) is 9.47 Å². The lowest BCUT2D eigenvalue weighted by molar-refractivity contribution is 0.391.